The van der Waals surface area contributed by atoms with Crippen molar-refractivity contribution in [3.05, 3.63) is 10.4 Å². The van der Waals surface area contributed by atoms with E-state index in [9.17, 15) is 5.11 Å². The first-order chi connectivity index (χ1) is 9.17. The molecule has 1 saturated heterocycles. The quantitative estimate of drug-likeness (QED) is 0.684. The average Bonchev–Trinajstić information content (AvgIpc) is 2.39. The third-order valence-electron chi connectivity index (χ3n) is 3.34. The van der Waals surface area contributed by atoms with Gasteiger partial charge in [-0.15, -0.1) is 0 Å². The number of piperidine rings is 1. The van der Waals surface area contributed by atoms with Crippen molar-refractivity contribution in [1.29, 1.82) is 0 Å². The molecule has 19 heavy (non-hydrogen) atoms. The number of hydrogen-bond acceptors (Lipinski definition) is 5. The Labute approximate surface area is 122 Å². The summed E-state index contributed by atoms with van der Waals surface area (Å²) in [5.41, 5.74) is 0. The largest absolute Gasteiger partial charge is 0.490 e. The lowest BCUT2D eigenvalue weighted by Gasteiger charge is -2.37. The van der Waals surface area contributed by atoms with E-state index in [1.54, 1.807) is 0 Å². The molecular weight excluding hydrogens is 289 g/mol. The highest BCUT2D eigenvalue weighted by atomic mass is 35.5. The second-order valence-corrected chi connectivity index (χ2v) is 5.19. The number of nitrogens with zero attached hydrogens (tertiary/aromatic N) is 3. The number of aromatic nitrogens is 2. The third-order valence-corrected chi connectivity index (χ3v) is 3.77. The summed E-state index contributed by atoms with van der Waals surface area (Å²) in [6.07, 6.45) is 3.94. The normalized spacial score (nSPS) is 19.6. The summed E-state index contributed by atoms with van der Waals surface area (Å²) >= 11 is 11.9. The van der Waals surface area contributed by atoms with Crippen LogP contribution >= 0.6 is 23.2 Å². The van der Waals surface area contributed by atoms with Gasteiger partial charge in [-0.2, -0.15) is 4.98 Å². The molecule has 0 aliphatic carbocycles. The Balaban J connectivity index is 2.37. The van der Waals surface area contributed by atoms with Crippen LogP contribution in [0.5, 0.6) is 5.75 Å². The second-order valence-electron chi connectivity index (χ2n) is 4.50. The lowest BCUT2D eigenvalue weighted by Crippen LogP contribution is -2.41. The van der Waals surface area contributed by atoms with Crippen LogP contribution in [-0.4, -0.2) is 41.4 Å². The van der Waals surface area contributed by atoms with Gasteiger partial charge in [-0.05, 0) is 37.3 Å². The lowest BCUT2D eigenvalue weighted by molar-refractivity contribution is 0.261. The molecule has 1 aromatic rings. The van der Waals surface area contributed by atoms with E-state index in [2.05, 4.69) is 14.9 Å². The number of hydrogen-bond donors (Lipinski definition) is 1. The molecule has 106 valence electrons. The minimum atomic E-state index is 0.106. The van der Waals surface area contributed by atoms with Crippen molar-refractivity contribution in [2.24, 2.45) is 0 Å². The lowest BCUT2D eigenvalue weighted by atomic mass is 9.99. The van der Waals surface area contributed by atoms with Gasteiger partial charge in [0.2, 0.25) is 5.28 Å². The van der Waals surface area contributed by atoms with Crippen LogP contribution in [0.4, 0.5) is 5.82 Å². The van der Waals surface area contributed by atoms with Crippen molar-refractivity contribution < 1.29 is 9.84 Å². The summed E-state index contributed by atoms with van der Waals surface area (Å²) in [6.45, 7) is 1.00. The number of methoxy groups -OCH3 is 1. The molecule has 7 heteroatoms. The molecule has 0 amide bonds. The Morgan fingerprint density at radius 2 is 2.16 bits per heavy atom. The SMILES string of the molecule is COc1c(Cl)nc(Cl)nc1N1CCCCC1CCO. The number of aliphatic hydroxyl groups is 1. The minimum Gasteiger partial charge on any atom is -0.490 e. The van der Waals surface area contributed by atoms with Gasteiger partial charge in [0.05, 0.1) is 7.11 Å². The zero-order valence-corrected chi connectivity index (χ0v) is 12.3. The Hall–Kier alpha value is -0.780. The molecule has 1 N–H and O–H groups in total. The molecule has 0 radical (unpaired) electrons. The maximum atomic E-state index is 9.18. The molecule has 1 aliphatic rings. The van der Waals surface area contributed by atoms with Gasteiger partial charge in [0, 0.05) is 19.2 Å². The summed E-state index contributed by atoms with van der Waals surface area (Å²) in [7, 11) is 1.53. The maximum absolute atomic E-state index is 9.18. The smallest absolute Gasteiger partial charge is 0.226 e. The van der Waals surface area contributed by atoms with E-state index < -0.39 is 0 Å². The standard InChI is InChI=1S/C12H17Cl2N3O2/c1-19-9-10(13)15-12(14)16-11(9)17-6-3-2-4-8(17)5-7-18/h8,18H,2-7H2,1H3. The van der Waals surface area contributed by atoms with Crippen molar-refractivity contribution in [3.8, 4) is 5.75 Å². The van der Waals surface area contributed by atoms with Gasteiger partial charge in [0.15, 0.2) is 16.7 Å². The molecule has 5 nitrogen and oxygen atoms in total. The predicted octanol–water partition coefficient (Wildman–Crippen LogP) is 2.53. The van der Waals surface area contributed by atoms with Gasteiger partial charge >= 0.3 is 0 Å². The van der Waals surface area contributed by atoms with Gasteiger partial charge in [-0.1, -0.05) is 11.6 Å². The number of ether oxygens (including phenoxy) is 1. The minimum absolute atomic E-state index is 0.106. The maximum Gasteiger partial charge on any atom is 0.226 e. The zero-order chi connectivity index (χ0) is 13.8. The Morgan fingerprint density at radius 1 is 1.37 bits per heavy atom. The number of rotatable bonds is 4. The van der Waals surface area contributed by atoms with Crippen LogP contribution in [0.25, 0.3) is 0 Å². The van der Waals surface area contributed by atoms with Crippen molar-refractivity contribution in [2.45, 2.75) is 31.7 Å². The monoisotopic (exact) mass is 305 g/mol. The van der Waals surface area contributed by atoms with E-state index in [-0.39, 0.29) is 23.1 Å². The first-order valence-electron chi connectivity index (χ1n) is 6.32. The molecule has 1 unspecified atom stereocenters. The summed E-state index contributed by atoms with van der Waals surface area (Å²) in [4.78, 5) is 10.2. The van der Waals surface area contributed by atoms with E-state index in [1.807, 2.05) is 0 Å². The van der Waals surface area contributed by atoms with Crippen LogP contribution in [-0.2, 0) is 0 Å². The average molecular weight is 306 g/mol. The Bertz CT molecular complexity index is 443. The molecule has 1 fully saturated rings. The molecule has 0 spiro atoms. The van der Waals surface area contributed by atoms with Gasteiger partial charge < -0.3 is 14.7 Å². The van der Waals surface area contributed by atoms with Crippen LogP contribution in [0.3, 0.4) is 0 Å². The molecular formula is C12H17Cl2N3O2. The van der Waals surface area contributed by atoms with Gasteiger partial charge in [0.25, 0.3) is 0 Å². The van der Waals surface area contributed by atoms with Crippen LogP contribution in [0.15, 0.2) is 0 Å². The van der Waals surface area contributed by atoms with Crippen molar-refractivity contribution in [1.82, 2.24) is 9.97 Å². The van der Waals surface area contributed by atoms with Gasteiger partial charge in [0.1, 0.15) is 0 Å². The van der Waals surface area contributed by atoms with Crippen LogP contribution in [0, 0.1) is 0 Å². The Kier molecular flexibility index (Phi) is 5.07. The molecule has 1 aromatic heterocycles. The third kappa shape index (κ3) is 3.22. The van der Waals surface area contributed by atoms with E-state index in [0.717, 1.165) is 25.8 Å². The van der Waals surface area contributed by atoms with Crippen LogP contribution < -0.4 is 9.64 Å². The van der Waals surface area contributed by atoms with Crippen molar-refractivity contribution in [2.75, 3.05) is 25.2 Å². The van der Waals surface area contributed by atoms with Gasteiger partial charge in [-0.25, -0.2) is 4.98 Å². The van der Waals surface area contributed by atoms with E-state index >= 15 is 0 Å². The highest BCUT2D eigenvalue weighted by Gasteiger charge is 2.27. The molecule has 2 heterocycles. The first-order valence-corrected chi connectivity index (χ1v) is 7.07. The van der Waals surface area contributed by atoms with Crippen molar-refractivity contribution >= 4 is 29.0 Å². The highest BCUT2D eigenvalue weighted by Crippen LogP contribution is 2.37. The summed E-state index contributed by atoms with van der Waals surface area (Å²) in [5, 5.41) is 9.50. The van der Waals surface area contributed by atoms with Crippen LogP contribution in [0.1, 0.15) is 25.7 Å². The fraction of sp³-hybridized carbons (Fsp3) is 0.667. The summed E-state index contributed by atoms with van der Waals surface area (Å²) in [6, 6.07) is 0.231. The molecule has 0 bridgehead atoms. The second kappa shape index (κ2) is 6.59. The summed E-state index contributed by atoms with van der Waals surface area (Å²) in [5.74, 6) is 1.06. The molecule has 1 atom stereocenters. The predicted molar refractivity (Wildman–Crippen MR) is 75.3 cm³/mol. The van der Waals surface area contributed by atoms with E-state index in [1.165, 1.54) is 7.11 Å². The number of anilines is 1. The first kappa shape index (κ1) is 14.6. The molecule has 2 rings (SSSR count). The highest BCUT2D eigenvalue weighted by molar-refractivity contribution is 6.33. The van der Waals surface area contributed by atoms with E-state index in [0.29, 0.717) is 18.0 Å². The number of halogens is 2. The topological polar surface area (TPSA) is 58.5 Å². The summed E-state index contributed by atoms with van der Waals surface area (Å²) < 4.78 is 5.29. The van der Waals surface area contributed by atoms with Crippen molar-refractivity contribution in [3.63, 3.8) is 0 Å². The molecule has 0 aromatic carbocycles. The fourth-order valence-electron chi connectivity index (χ4n) is 2.49. The molecule has 0 saturated carbocycles. The van der Waals surface area contributed by atoms with Crippen LogP contribution in [0.2, 0.25) is 10.4 Å². The van der Waals surface area contributed by atoms with E-state index in [4.69, 9.17) is 27.9 Å². The fourth-order valence-corrected chi connectivity index (χ4v) is 2.94. The Morgan fingerprint density at radius 3 is 2.84 bits per heavy atom. The number of aliphatic hydroxyl groups excluding tert-OH is 1. The molecule has 1 aliphatic heterocycles. The zero-order valence-electron chi connectivity index (χ0n) is 10.8. The van der Waals surface area contributed by atoms with Gasteiger partial charge in [-0.3, -0.25) is 0 Å².